The number of halogens is 2. The minimum atomic E-state index is 0.396. The molecule has 0 bridgehead atoms. The van der Waals surface area contributed by atoms with Crippen LogP contribution in [0, 0.1) is 0 Å². The lowest BCUT2D eigenvalue weighted by atomic mass is 9.98. The molecule has 0 saturated carbocycles. The molecule has 1 saturated heterocycles. The Morgan fingerprint density at radius 3 is 2.74 bits per heavy atom. The molecule has 104 valence electrons. The molecule has 19 heavy (non-hydrogen) atoms. The van der Waals surface area contributed by atoms with Gasteiger partial charge < -0.3 is 5.32 Å². The molecule has 1 heterocycles. The smallest absolute Gasteiger partial charge is 0.0548 e. The van der Waals surface area contributed by atoms with E-state index in [2.05, 4.69) is 51.8 Å². The van der Waals surface area contributed by atoms with E-state index in [9.17, 15) is 0 Å². The Balaban J connectivity index is 2.24. The molecule has 1 aliphatic rings. The van der Waals surface area contributed by atoms with Gasteiger partial charge in [0.25, 0.3) is 0 Å². The lowest BCUT2D eigenvalue weighted by Crippen LogP contribution is -2.45. The summed E-state index contributed by atoms with van der Waals surface area (Å²) in [5.41, 5.74) is 2.52. The molecule has 1 fully saturated rings. The van der Waals surface area contributed by atoms with Crippen molar-refractivity contribution < 1.29 is 0 Å². The second kappa shape index (κ2) is 6.89. The van der Waals surface area contributed by atoms with Gasteiger partial charge in [0.2, 0.25) is 0 Å². The first-order valence-electron chi connectivity index (χ1n) is 6.62. The van der Waals surface area contributed by atoms with Crippen LogP contribution in [-0.2, 0) is 0 Å². The van der Waals surface area contributed by atoms with E-state index in [1.807, 2.05) is 6.07 Å². The van der Waals surface area contributed by atoms with Crippen LogP contribution in [0.1, 0.15) is 24.9 Å². The van der Waals surface area contributed by atoms with Crippen LogP contribution >= 0.6 is 27.5 Å². The van der Waals surface area contributed by atoms with Gasteiger partial charge in [-0.15, -0.1) is 6.58 Å². The summed E-state index contributed by atoms with van der Waals surface area (Å²) in [5.74, 6) is 0. The fraction of sp³-hybridized carbons (Fsp3) is 0.467. The van der Waals surface area contributed by atoms with Crippen molar-refractivity contribution in [1.82, 2.24) is 10.2 Å². The Kier molecular flexibility index (Phi) is 5.46. The Bertz CT molecular complexity index is 455. The maximum absolute atomic E-state index is 6.09. The zero-order valence-corrected chi connectivity index (χ0v) is 13.6. The number of nitrogens with one attached hydrogen (secondary N) is 1. The van der Waals surface area contributed by atoms with Crippen molar-refractivity contribution in [2.75, 3.05) is 26.2 Å². The molecule has 1 aliphatic heterocycles. The van der Waals surface area contributed by atoms with E-state index < -0.39 is 0 Å². The zero-order valence-electron chi connectivity index (χ0n) is 11.3. The summed E-state index contributed by atoms with van der Waals surface area (Å²) in [6.07, 6.45) is 0.994. The predicted octanol–water partition coefficient (Wildman–Crippen LogP) is 4.02. The molecule has 0 aromatic heterocycles. The number of benzene rings is 1. The van der Waals surface area contributed by atoms with Crippen molar-refractivity contribution >= 4 is 27.5 Å². The standard InChI is InChI=1S/C15H20BrClN2/c1-11(2)9-15(19-7-5-18-6-8-19)12-3-4-14(17)13(16)10-12/h3-4,10,15,18H,1,5-9H2,2H3/t15-/m0/s1. The second-order valence-electron chi connectivity index (χ2n) is 5.14. The molecule has 1 atom stereocenters. The Morgan fingerprint density at radius 2 is 2.16 bits per heavy atom. The quantitative estimate of drug-likeness (QED) is 0.831. The molecule has 4 heteroatoms. The minimum Gasteiger partial charge on any atom is -0.314 e. The lowest BCUT2D eigenvalue weighted by molar-refractivity contribution is 0.172. The molecule has 0 aliphatic carbocycles. The number of rotatable bonds is 4. The largest absolute Gasteiger partial charge is 0.314 e. The van der Waals surface area contributed by atoms with Crippen LogP contribution in [0.2, 0.25) is 5.02 Å². The number of piperazine rings is 1. The van der Waals surface area contributed by atoms with Crippen LogP contribution in [0.4, 0.5) is 0 Å². The van der Waals surface area contributed by atoms with Crippen molar-refractivity contribution in [3.8, 4) is 0 Å². The summed E-state index contributed by atoms with van der Waals surface area (Å²) in [6.45, 7) is 10.4. The molecule has 0 spiro atoms. The molecular formula is C15H20BrClN2. The van der Waals surface area contributed by atoms with Gasteiger partial charge in [-0.2, -0.15) is 0 Å². The topological polar surface area (TPSA) is 15.3 Å². The van der Waals surface area contributed by atoms with Crippen LogP contribution in [0.15, 0.2) is 34.8 Å². The van der Waals surface area contributed by atoms with Crippen molar-refractivity contribution in [2.45, 2.75) is 19.4 Å². The van der Waals surface area contributed by atoms with E-state index in [-0.39, 0.29) is 0 Å². The first-order valence-corrected chi connectivity index (χ1v) is 7.79. The van der Waals surface area contributed by atoms with Gasteiger partial charge in [0.05, 0.1) is 5.02 Å². The Morgan fingerprint density at radius 1 is 1.47 bits per heavy atom. The minimum absolute atomic E-state index is 0.396. The molecule has 1 N–H and O–H groups in total. The van der Waals surface area contributed by atoms with Gasteiger partial charge >= 0.3 is 0 Å². The zero-order chi connectivity index (χ0) is 13.8. The highest BCUT2D eigenvalue weighted by Crippen LogP contribution is 2.32. The van der Waals surface area contributed by atoms with Crippen molar-refractivity contribution in [3.05, 3.63) is 45.4 Å². The van der Waals surface area contributed by atoms with Gasteiger partial charge in [-0.05, 0) is 47.0 Å². The normalized spacial score (nSPS) is 18.3. The summed E-state index contributed by atoms with van der Waals surface area (Å²) in [7, 11) is 0. The van der Waals surface area contributed by atoms with E-state index in [1.54, 1.807) is 0 Å². The molecule has 2 nitrogen and oxygen atoms in total. The highest BCUT2D eigenvalue weighted by atomic mass is 79.9. The molecule has 0 unspecified atom stereocenters. The molecular weight excluding hydrogens is 324 g/mol. The van der Waals surface area contributed by atoms with E-state index in [0.717, 1.165) is 42.1 Å². The van der Waals surface area contributed by atoms with Gasteiger partial charge in [-0.3, -0.25) is 4.90 Å². The summed E-state index contributed by atoms with van der Waals surface area (Å²) in [4.78, 5) is 2.53. The van der Waals surface area contributed by atoms with Crippen LogP contribution in [0.3, 0.4) is 0 Å². The molecule has 1 aromatic carbocycles. The third-order valence-corrected chi connectivity index (χ3v) is 4.68. The summed E-state index contributed by atoms with van der Waals surface area (Å²) in [5, 5.41) is 4.16. The van der Waals surface area contributed by atoms with Gasteiger partial charge in [0.1, 0.15) is 0 Å². The number of hydrogen-bond donors (Lipinski definition) is 1. The van der Waals surface area contributed by atoms with E-state index in [0.29, 0.717) is 6.04 Å². The number of nitrogens with zero attached hydrogens (tertiary/aromatic N) is 1. The van der Waals surface area contributed by atoms with Gasteiger partial charge in [0.15, 0.2) is 0 Å². The highest BCUT2D eigenvalue weighted by Gasteiger charge is 2.22. The third kappa shape index (κ3) is 4.06. The van der Waals surface area contributed by atoms with Gasteiger partial charge in [0, 0.05) is 36.7 Å². The highest BCUT2D eigenvalue weighted by molar-refractivity contribution is 9.10. The van der Waals surface area contributed by atoms with Crippen LogP contribution in [0.25, 0.3) is 0 Å². The first-order chi connectivity index (χ1) is 9.08. The van der Waals surface area contributed by atoms with Crippen molar-refractivity contribution in [1.29, 1.82) is 0 Å². The maximum Gasteiger partial charge on any atom is 0.0548 e. The average Bonchev–Trinajstić information content (AvgIpc) is 2.40. The fourth-order valence-electron chi connectivity index (χ4n) is 2.50. The fourth-order valence-corrected chi connectivity index (χ4v) is 3.02. The van der Waals surface area contributed by atoms with E-state index in [1.165, 1.54) is 11.1 Å². The summed E-state index contributed by atoms with van der Waals surface area (Å²) in [6, 6.07) is 6.63. The molecule has 0 radical (unpaired) electrons. The average molecular weight is 344 g/mol. The van der Waals surface area contributed by atoms with Crippen LogP contribution < -0.4 is 5.32 Å². The van der Waals surface area contributed by atoms with Crippen molar-refractivity contribution in [3.63, 3.8) is 0 Å². The molecule has 1 aromatic rings. The third-order valence-electron chi connectivity index (χ3n) is 3.46. The second-order valence-corrected chi connectivity index (χ2v) is 6.40. The Labute approximate surface area is 129 Å². The summed E-state index contributed by atoms with van der Waals surface area (Å²) >= 11 is 9.61. The van der Waals surface area contributed by atoms with Crippen LogP contribution in [0.5, 0.6) is 0 Å². The van der Waals surface area contributed by atoms with Crippen molar-refractivity contribution in [2.24, 2.45) is 0 Å². The SMILES string of the molecule is C=C(C)C[C@@H](c1ccc(Cl)c(Br)c1)N1CCNCC1. The monoisotopic (exact) mass is 342 g/mol. The van der Waals surface area contributed by atoms with Gasteiger partial charge in [-0.25, -0.2) is 0 Å². The predicted molar refractivity (Wildman–Crippen MR) is 85.8 cm³/mol. The van der Waals surface area contributed by atoms with Crippen LogP contribution in [-0.4, -0.2) is 31.1 Å². The van der Waals surface area contributed by atoms with E-state index >= 15 is 0 Å². The van der Waals surface area contributed by atoms with E-state index in [4.69, 9.17) is 11.6 Å². The molecule has 0 amide bonds. The maximum atomic E-state index is 6.09. The Hall–Kier alpha value is -0.350. The summed E-state index contributed by atoms with van der Waals surface area (Å²) < 4.78 is 0.966. The lowest BCUT2D eigenvalue weighted by Gasteiger charge is -2.35. The molecule has 2 rings (SSSR count). The number of hydrogen-bond acceptors (Lipinski definition) is 2. The first kappa shape index (κ1) is 15.0. The van der Waals surface area contributed by atoms with Gasteiger partial charge in [-0.1, -0.05) is 23.2 Å².